The van der Waals surface area contributed by atoms with Gasteiger partial charge in [-0.15, -0.1) is 0 Å². The second-order valence-electron chi connectivity index (χ2n) is 4.69. The highest BCUT2D eigenvalue weighted by atomic mass is 16.2. The third-order valence-corrected chi connectivity index (χ3v) is 3.24. The van der Waals surface area contributed by atoms with Crippen LogP contribution in [-0.2, 0) is 11.2 Å². The number of benzene rings is 1. The highest BCUT2D eigenvalue weighted by molar-refractivity contribution is 5.81. The summed E-state index contributed by atoms with van der Waals surface area (Å²) in [5.74, 6) is 0.0341. The van der Waals surface area contributed by atoms with Crippen molar-refractivity contribution in [1.82, 2.24) is 4.90 Å². The maximum absolute atomic E-state index is 12.2. The van der Waals surface area contributed by atoms with E-state index in [4.69, 9.17) is 11.5 Å². The van der Waals surface area contributed by atoms with Gasteiger partial charge in [-0.05, 0) is 38.3 Å². The zero-order valence-electron chi connectivity index (χ0n) is 11.7. The van der Waals surface area contributed by atoms with E-state index in [1.54, 1.807) is 0 Å². The molecule has 0 saturated heterocycles. The predicted octanol–water partition coefficient (Wildman–Crippen LogP) is 1.14. The first-order valence-corrected chi connectivity index (χ1v) is 6.97. The molecule has 1 rings (SSSR count). The molecule has 4 N–H and O–H groups in total. The highest BCUT2D eigenvalue weighted by Crippen LogP contribution is 2.04. The number of nitrogens with zero attached hydrogens (tertiary/aromatic N) is 1. The lowest BCUT2D eigenvalue weighted by Crippen LogP contribution is -2.44. The lowest BCUT2D eigenvalue weighted by atomic mass is 10.1. The lowest BCUT2D eigenvalue weighted by molar-refractivity contribution is -0.132. The van der Waals surface area contributed by atoms with Crippen LogP contribution in [0.5, 0.6) is 0 Å². The smallest absolute Gasteiger partial charge is 0.239 e. The van der Waals surface area contributed by atoms with E-state index in [9.17, 15) is 4.79 Å². The van der Waals surface area contributed by atoms with Crippen molar-refractivity contribution in [3.63, 3.8) is 0 Å². The topological polar surface area (TPSA) is 72.3 Å². The summed E-state index contributed by atoms with van der Waals surface area (Å²) in [7, 11) is 0. The van der Waals surface area contributed by atoms with Crippen LogP contribution in [0.3, 0.4) is 0 Å². The number of hydrogen-bond donors (Lipinski definition) is 2. The van der Waals surface area contributed by atoms with Gasteiger partial charge in [-0.2, -0.15) is 0 Å². The monoisotopic (exact) mass is 263 g/mol. The molecule has 0 saturated carbocycles. The van der Waals surface area contributed by atoms with Gasteiger partial charge in [-0.3, -0.25) is 4.79 Å². The van der Waals surface area contributed by atoms with Gasteiger partial charge >= 0.3 is 0 Å². The van der Waals surface area contributed by atoms with Crippen molar-refractivity contribution in [2.24, 2.45) is 11.5 Å². The van der Waals surface area contributed by atoms with E-state index in [-0.39, 0.29) is 5.91 Å². The molecule has 0 aliphatic rings. The first-order chi connectivity index (χ1) is 9.19. The van der Waals surface area contributed by atoms with Crippen LogP contribution in [-0.4, -0.2) is 36.5 Å². The van der Waals surface area contributed by atoms with Gasteiger partial charge in [0.2, 0.25) is 5.91 Å². The van der Waals surface area contributed by atoms with Crippen molar-refractivity contribution in [3.05, 3.63) is 35.9 Å². The van der Waals surface area contributed by atoms with Gasteiger partial charge in [0.15, 0.2) is 0 Å². The van der Waals surface area contributed by atoms with Gasteiger partial charge in [0.25, 0.3) is 0 Å². The number of carbonyl (C=O) groups excluding carboxylic acids is 1. The lowest BCUT2D eigenvalue weighted by Gasteiger charge is -2.24. The molecule has 19 heavy (non-hydrogen) atoms. The van der Waals surface area contributed by atoms with Crippen LogP contribution in [0.4, 0.5) is 0 Å². The molecule has 1 aromatic rings. The highest BCUT2D eigenvalue weighted by Gasteiger charge is 2.18. The molecule has 1 aromatic carbocycles. The van der Waals surface area contributed by atoms with Crippen molar-refractivity contribution in [2.75, 3.05) is 19.6 Å². The quantitative estimate of drug-likeness (QED) is 0.739. The molecule has 0 fully saturated rings. The van der Waals surface area contributed by atoms with Crippen LogP contribution in [0, 0.1) is 0 Å². The normalized spacial score (nSPS) is 12.2. The van der Waals surface area contributed by atoms with E-state index in [2.05, 4.69) is 12.1 Å². The summed E-state index contributed by atoms with van der Waals surface area (Å²) in [5.41, 5.74) is 12.6. The average molecular weight is 263 g/mol. The molecular weight excluding hydrogens is 238 g/mol. The van der Waals surface area contributed by atoms with Crippen molar-refractivity contribution in [2.45, 2.75) is 32.2 Å². The Morgan fingerprint density at radius 1 is 1.32 bits per heavy atom. The minimum atomic E-state index is -0.417. The van der Waals surface area contributed by atoms with Gasteiger partial charge in [-0.1, -0.05) is 30.3 Å². The van der Waals surface area contributed by atoms with Crippen molar-refractivity contribution in [3.8, 4) is 0 Å². The van der Waals surface area contributed by atoms with Gasteiger partial charge in [0.05, 0.1) is 6.04 Å². The molecule has 0 bridgehead atoms. The summed E-state index contributed by atoms with van der Waals surface area (Å²) in [6.07, 6.45) is 2.32. The molecule has 106 valence electrons. The SMILES string of the molecule is CCN(CCc1ccccc1)C(=O)[C@@H](N)CCCN. The van der Waals surface area contributed by atoms with E-state index < -0.39 is 6.04 Å². The molecule has 4 heteroatoms. The van der Waals surface area contributed by atoms with E-state index in [1.807, 2.05) is 30.0 Å². The molecule has 0 spiro atoms. The molecule has 4 nitrogen and oxygen atoms in total. The number of carbonyl (C=O) groups is 1. The van der Waals surface area contributed by atoms with Gasteiger partial charge in [0.1, 0.15) is 0 Å². The van der Waals surface area contributed by atoms with Crippen LogP contribution in [0.25, 0.3) is 0 Å². The Morgan fingerprint density at radius 3 is 2.58 bits per heavy atom. The third kappa shape index (κ3) is 5.41. The zero-order chi connectivity index (χ0) is 14.1. The fourth-order valence-electron chi connectivity index (χ4n) is 2.03. The molecule has 0 heterocycles. The summed E-state index contributed by atoms with van der Waals surface area (Å²) < 4.78 is 0. The number of likely N-dealkylation sites (N-methyl/N-ethyl adjacent to an activating group) is 1. The Kier molecular flexibility index (Phi) is 7.15. The number of nitrogens with two attached hydrogens (primary N) is 2. The fourth-order valence-corrected chi connectivity index (χ4v) is 2.03. The van der Waals surface area contributed by atoms with Crippen molar-refractivity contribution in [1.29, 1.82) is 0 Å². The van der Waals surface area contributed by atoms with Gasteiger partial charge < -0.3 is 16.4 Å². The fraction of sp³-hybridized carbons (Fsp3) is 0.533. The van der Waals surface area contributed by atoms with E-state index >= 15 is 0 Å². The minimum absolute atomic E-state index is 0.0341. The third-order valence-electron chi connectivity index (χ3n) is 3.24. The molecule has 0 aliphatic heterocycles. The molecule has 1 amide bonds. The summed E-state index contributed by atoms with van der Waals surface area (Å²) >= 11 is 0. The van der Waals surface area contributed by atoms with Gasteiger partial charge in [0, 0.05) is 13.1 Å². The first-order valence-electron chi connectivity index (χ1n) is 6.97. The Labute approximate surface area is 115 Å². The van der Waals surface area contributed by atoms with Crippen LogP contribution >= 0.6 is 0 Å². The van der Waals surface area contributed by atoms with Crippen LogP contribution in [0.1, 0.15) is 25.3 Å². The van der Waals surface area contributed by atoms with Gasteiger partial charge in [-0.25, -0.2) is 0 Å². The summed E-state index contributed by atoms with van der Waals surface area (Å²) in [4.78, 5) is 14.0. The Bertz CT molecular complexity index is 367. The van der Waals surface area contributed by atoms with Crippen LogP contribution in [0.15, 0.2) is 30.3 Å². The Morgan fingerprint density at radius 2 is 2.00 bits per heavy atom. The van der Waals surface area contributed by atoms with E-state index in [0.717, 1.165) is 19.4 Å². The first kappa shape index (κ1) is 15.7. The van der Waals surface area contributed by atoms with E-state index in [0.29, 0.717) is 19.5 Å². The van der Waals surface area contributed by atoms with Crippen LogP contribution in [0.2, 0.25) is 0 Å². The van der Waals surface area contributed by atoms with Crippen LogP contribution < -0.4 is 11.5 Å². The molecular formula is C15H25N3O. The predicted molar refractivity (Wildman–Crippen MR) is 78.7 cm³/mol. The van der Waals surface area contributed by atoms with Crippen molar-refractivity contribution >= 4 is 5.91 Å². The maximum atomic E-state index is 12.2. The van der Waals surface area contributed by atoms with E-state index in [1.165, 1.54) is 5.56 Å². The summed E-state index contributed by atoms with van der Waals surface area (Å²) in [6, 6.07) is 9.76. The molecule has 1 atom stereocenters. The van der Waals surface area contributed by atoms with Crippen molar-refractivity contribution < 1.29 is 4.79 Å². The second-order valence-corrected chi connectivity index (χ2v) is 4.69. The molecule has 0 aliphatic carbocycles. The molecule has 0 unspecified atom stereocenters. The maximum Gasteiger partial charge on any atom is 0.239 e. The number of amides is 1. The standard InChI is InChI=1S/C15H25N3O/c1-2-18(15(19)14(17)9-6-11-16)12-10-13-7-4-3-5-8-13/h3-5,7-8,14H,2,6,9-12,16-17H2,1H3/t14-/m0/s1. The second kappa shape index (κ2) is 8.67. The molecule has 0 aromatic heterocycles. The summed E-state index contributed by atoms with van der Waals surface area (Å²) in [5, 5.41) is 0. The Hall–Kier alpha value is -1.39. The zero-order valence-corrected chi connectivity index (χ0v) is 11.7. The largest absolute Gasteiger partial charge is 0.341 e. The number of rotatable bonds is 8. The summed E-state index contributed by atoms with van der Waals surface area (Å²) in [6.45, 7) is 3.98. The number of hydrogen-bond acceptors (Lipinski definition) is 3. The Balaban J connectivity index is 2.46. The average Bonchev–Trinajstić information content (AvgIpc) is 2.46. The minimum Gasteiger partial charge on any atom is -0.341 e. The molecule has 0 radical (unpaired) electrons.